The summed E-state index contributed by atoms with van der Waals surface area (Å²) in [6.07, 6.45) is 0.0358. The van der Waals surface area contributed by atoms with E-state index in [1.54, 1.807) is 29.2 Å². The van der Waals surface area contributed by atoms with Crippen LogP contribution in [0.3, 0.4) is 0 Å². The van der Waals surface area contributed by atoms with Crippen LogP contribution in [0.2, 0.25) is 0 Å². The second-order valence-electron chi connectivity index (χ2n) is 5.84. The van der Waals surface area contributed by atoms with E-state index >= 15 is 0 Å². The van der Waals surface area contributed by atoms with Gasteiger partial charge in [0.1, 0.15) is 18.4 Å². The summed E-state index contributed by atoms with van der Waals surface area (Å²) < 4.78 is 34.1. The van der Waals surface area contributed by atoms with Crippen LogP contribution >= 0.6 is 0 Å². The highest BCUT2D eigenvalue weighted by molar-refractivity contribution is 5.30. The van der Waals surface area contributed by atoms with Crippen molar-refractivity contribution in [1.29, 1.82) is 0 Å². The lowest BCUT2D eigenvalue weighted by Crippen LogP contribution is -2.51. The zero-order valence-electron chi connectivity index (χ0n) is 13.1. The van der Waals surface area contributed by atoms with Gasteiger partial charge in [0.15, 0.2) is 0 Å². The van der Waals surface area contributed by atoms with Crippen molar-refractivity contribution in [2.75, 3.05) is 32.8 Å². The third-order valence-electron chi connectivity index (χ3n) is 3.70. The summed E-state index contributed by atoms with van der Waals surface area (Å²) in [6.45, 7) is 5.08. The first-order chi connectivity index (χ1) is 10.4. The number of ether oxygens (including phenoxy) is 1. The lowest BCUT2D eigenvalue weighted by Gasteiger charge is -2.38. The monoisotopic (exact) mass is 314 g/mol. The number of nitrogens with one attached hydrogen (secondary N) is 1. The van der Waals surface area contributed by atoms with Crippen LogP contribution < -0.4 is 10.1 Å². The molecule has 1 heterocycles. The van der Waals surface area contributed by atoms with E-state index in [-0.39, 0.29) is 6.10 Å². The Morgan fingerprint density at radius 3 is 2.32 bits per heavy atom. The molecule has 0 amide bonds. The predicted octanol–water partition coefficient (Wildman–Crippen LogP) is 2.05. The first-order valence-corrected chi connectivity index (χ1v) is 7.64. The molecule has 0 spiro atoms. The number of hydrogen-bond donors (Lipinski definition) is 2. The molecule has 2 N–H and O–H groups in total. The summed E-state index contributed by atoms with van der Waals surface area (Å²) in [6, 6.07) is 5.62. The summed E-state index contributed by atoms with van der Waals surface area (Å²) in [5.74, 6) is -2.53. The van der Waals surface area contributed by atoms with E-state index in [2.05, 4.69) is 5.32 Å². The van der Waals surface area contributed by atoms with Crippen molar-refractivity contribution in [2.24, 2.45) is 0 Å². The van der Waals surface area contributed by atoms with E-state index in [1.807, 2.05) is 13.8 Å². The topological polar surface area (TPSA) is 44.7 Å². The number of rotatable bonds is 6. The van der Waals surface area contributed by atoms with Crippen LogP contribution in [-0.2, 0) is 0 Å². The summed E-state index contributed by atoms with van der Waals surface area (Å²) in [7, 11) is 0. The Morgan fingerprint density at radius 2 is 1.82 bits per heavy atom. The Balaban J connectivity index is 2.24. The van der Waals surface area contributed by atoms with E-state index < -0.39 is 18.6 Å². The van der Waals surface area contributed by atoms with Gasteiger partial charge in [-0.2, -0.15) is 0 Å². The lowest BCUT2D eigenvalue weighted by molar-refractivity contribution is -0.118. The Hall–Kier alpha value is -1.24. The standard InChI is InChI=1S/C16H24F2N2O2/c1-12(2)22-14-5-3-13(4-6-14)15(16(17,18)11-21)20-9-7-19-8-10-20/h3-6,12,15,19,21H,7-11H2,1-2H3/t15-/m1/s1. The molecular formula is C16H24F2N2O2. The van der Waals surface area contributed by atoms with Gasteiger partial charge in [-0.1, -0.05) is 12.1 Å². The third-order valence-corrected chi connectivity index (χ3v) is 3.70. The number of alkyl halides is 2. The van der Waals surface area contributed by atoms with Crippen LogP contribution in [0.15, 0.2) is 24.3 Å². The predicted molar refractivity (Wildman–Crippen MR) is 81.4 cm³/mol. The molecule has 0 radical (unpaired) electrons. The minimum absolute atomic E-state index is 0.0358. The van der Waals surface area contributed by atoms with Gasteiger partial charge < -0.3 is 15.2 Å². The first-order valence-electron chi connectivity index (χ1n) is 7.64. The number of halogens is 2. The van der Waals surface area contributed by atoms with Gasteiger partial charge >= 0.3 is 0 Å². The fourth-order valence-electron chi connectivity index (χ4n) is 2.75. The maximum Gasteiger partial charge on any atom is 0.289 e. The fourth-order valence-corrected chi connectivity index (χ4v) is 2.75. The molecule has 0 bridgehead atoms. The van der Waals surface area contributed by atoms with Gasteiger partial charge in [-0.25, -0.2) is 8.78 Å². The molecular weight excluding hydrogens is 290 g/mol. The van der Waals surface area contributed by atoms with Crippen molar-refractivity contribution in [3.63, 3.8) is 0 Å². The van der Waals surface area contributed by atoms with Gasteiger partial charge in [0.25, 0.3) is 5.92 Å². The molecule has 22 heavy (non-hydrogen) atoms. The van der Waals surface area contributed by atoms with Gasteiger partial charge in [0.2, 0.25) is 0 Å². The molecule has 2 rings (SSSR count). The Labute approximate surface area is 130 Å². The van der Waals surface area contributed by atoms with Crippen molar-refractivity contribution in [1.82, 2.24) is 10.2 Å². The maximum atomic E-state index is 14.3. The van der Waals surface area contributed by atoms with E-state index in [1.165, 1.54) is 0 Å². The number of benzene rings is 1. The molecule has 0 aromatic heterocycles. The highest BCUT2D eigenvalue weighted by Gasteiger charge is 2.43. The van der Waals surface area contributed by atoms with Gasteiger partial charge in [-0.15, -0.1) is 0 Å². The van der Waals surface area contributed by atoms with Crippen LogP contribution in [0, 0.1) is 0 Å². The van der Waals surface area contributed by atoms with Gasteiger partial charge in [-0.05, 0) is 31.5 Å². The molecule has 1 aliphatic heterocycles. The van der Waals surface area contributed by atoms with Crippen molar-refractivity contribution in [3.05, 3.63) is 29.8 Å². The van der Waals surface area contributed by atoms with Crippen LogP contribution in [0.4, 0.5) is 8.78 Å². The van der Waals surface area contributed by atoms with Crippen molar-refractivity contribution < 1.29 is 18.6 Å². The molecule has 124 valence electrons. The zero-order chi connectivity index (χ0) is 16.2. The highest BCUT2D eigenvalue weighted by atomic mass is 19.3. The SMILES string of the molecule is CC(C)Oc1ccc([C@@H](N2CCNCC2)C(F)(F)CO)cc1. The number of aliphatic hydroxyl groups excluding tert-OH is 1. The molecule has 1 aromatic carbocycles. The average molecular weight is 314 g/mol. The average Bonchev–Trinajstić information content (AvgIpc) is 2.49. The van der Waals surface area contributed by atoms with E-state index in [0.717, 1.165) is 0 Å². The van der Waals surface area contributed by atoms with E-state index in [4.69, 9.17) is 9.84 Å². The Bertz CT molecular complexity index is 460. The lowest BCUT2D eigenvalue weighted by atomic mass is 9.98. The van der Waals surface area contributed by atoms with Crippen LogP contribution in [0.1, 0.15) is 25.5 Å². The molecule has 0 saturated carbocycles. The summed E-state index contributed by atoms with van der Waals surface area (Å²) in [4.78, 5) is 1.73. The fraction of sp³-hybridized carbons (Fsp3) is 0.625. The molecule has 0 aliphatic carbocycles. The molecule has 1 aromatic rings. The second kappa shape index (κ2) is 7.35. The van der Waals surface area contributed by atoms with Gasteiger partial charge in [0.05, 0.1) is 6.10 Å². The number of aliphatic hydroxyl groups is 1. The summed E-state index contributed by atoms with van der Waals surface area (Å²) >= 11 is 0. The van der Waals surface area contributed by atoms with E-state index in [9.17, 15) is 8.78 Å². The van der Waals surface area contributed by atoms with Gasteiger partial charge in [0, 0.05) is 26.2 Å². The zero-order valence-corrected chi connectivity index (χ0v) is 13.1. The van der Waals surface area contributed by atoms with Crippen molar-refractivity contribution in [2.45, 2.75) is 31.9 Å². The molecule has 1 saturated heterocycles. The maximum absolute atomic E-state index is 14.3. The minimum atomic E-state index is -3.18. The number of hydrogen-bond acceptors (Lipinski definition) is 4. The molecule has 4 nitrogen and oxygen atoms in total. The smallest absolute Gasteiger partial charge is 0.289 e. The first kappa shape index (κ1) is 17.1. The molecule has 1 fully saturated rings. The van der Waals surface area contributed by atoms with Crippen molar-refractivity contribution in [3.8, 4) is 5.75 Å². The number of nitrogens with zero attached hydrogens (tertiary/aromatic N) is 1. The molecule has 1 aliphatic rings. The summed E-state index contributed by atoms with van der Waals surface area (Å²) in [5.41, 5.74) is 0.497. The Morgan fingerprint density at radius 1 is 1.23 bits per heavy atom. The van der Waals surface area contributed by atoms with Gasteiger partial charge in [-0.3, -0.25) is 4.90 Å². The molecule has 1 atom stereocenters. The largest absolute Gasteiger partial charge is 0.491 e. The van der Waals surface area contributed by atoms with Crippen LogP contribution in [-0.4, -0.2) is 54.8 Å². The Kier molecular flexibility index (Phi) is 5.72. The van der Waals surface area contributed by atoms with Crippen LogP contribution in [0.5, 0.6) is 5.75 Å². The normalized spacial score (nSPS) is 18.5. The summed E-state index contributed by atoms with van der Waals surface area (Å²) in [5, 5.41) is 12.3. The quantitative estimate of drug-likeness (QED) is 0.843. The van der Waals surface area contributed by atoms with E-state index in [0.29, 0.717) is 37.5 Å². The molecule has 0 unspecified atom stereocenters. The second-order valence-corrected chi connectivity index (χ2v) is 5.84. The molecule has 6 heteroatoms. The van der Waals surface area contributed by atoms with Crippen LogP contribution in [0.25, 0.3) is 0 Å². The number of piperazine rings is 1. The highest BCUT2D eigenvalue weighted by Crippen LogP contribution is 2.37. The third kappa shape index (κ3) is 4.15. The van der Waals surface area contributed by atoms with Crippen molar-refractivity contribution >= 4 is 0 Å². The minimum Gasteiger partial charge on any atom is -0.491 e.